The molecular formula is C28H20I2N2O2. The maximum absolute atomic E-state index is 12.5. The molecule has 0 aromatic heterocycles. The SMILES string of the molecule is N#C/C(=C/c1cc(I)c(OCc2cccc3ccccc23)c(I)c1)C(=O)NCc1ccccc1. The Morgan fingerprint density at radius 1 is 0.941 bits per heavy atom. The van der Waals surface area contributed by atoms with E-state index in [1.807, 2.05) is 66.7 Å². The van der Waals surface area contributed by atoms with E-state index >= 15 is 0 Å². The zero-order valence-corrected chi connectivity index (χ0v) is 22.4. The van der Waals surface area contributed by atoms with E-state index in [9.17, 15) is 10.1 Å². The number of amides is 1. The number of benzene rings is 4. The van der Waals surface area contributed by atoms with E-state index < -0.39 is 5.91 Å². The molecule has 4 aromatic carbocycles. The van der Waals surface area contributed by atoms with Gasteiger partial charge in [0.05, 0.1) is 7.14 Å². The summed E-state index contributed by atoms with van der Waals surface area (Å²) >= 11 is 4.46. The Kier molecular flexibility index (Phi) is 8.19. The molecule has 1 amide bonds. The van der Waals surface area contributed by atoms with Gasteiger partial charge < -0.3 is 10.1 Å². The van der Waals surface area contributed by atoms with Crippen LogP contribution < -0.4 is 10.1 Å². The number of rotatable bonds is 7. The second-order valence-corrected chi connectivity index (χ2v) is 9.90. The van der Waals surface area contributed by atoms with Crippen LogP contribution in [-0.4, -0.2) is 5.91 Å². The number of carbonyl (C=O) groups excluding carboxylic acids is 1. The minimum absolute atomic E-state index is 0.0620. The Hall–Kier alpha value is -2.90. The first kappa shape index (κ1) is 24.2. The Labute approximate surface area is 225 Å². The molecule has 34 heavy (non-hydrogen) atoms. The first-order valence-corrected chi connectivity index (χ1v) is 12.7. The van der Waals surface area contributed by atoms with Crippen molar-refractivity contribution in [3.63, 3.8) is 0 Å². The van der Waals surface area contributed by atoms with Crippen LogP contribution in [0.2, 0.25) is 0 Å². The zero-order chi connectivity index (χ0) is 23.9. The number of fused-ring (bicyclic) bond motifs is 1. The van der Waals surface area contributed by atoms with Gasteiger partial charge in [0.1, 0.15) is 24.0 Å². The third-order valence-electron chi connectivity index (χ3n) is 5.24. The monoisotopic (exact) mass is 670 g/mol. The fourth-order valence-corrected chi connectivity index (χ4v) is 5.69. The topological polar surface area (TPSA) is 62.1 Å². The van der Waals surface area contributed by atoms with Crippen LogP contribution in [0.15, 0.2) is 90.5 Å². The van der Waals surface area contributed by atoms with E-state index in [0.29, 0.717) is 13.2 Å². The fourth-order valence-electron chi connectivity index (χ4n) is 3.56. The molecule has 168 valence electrons. The van der Waals surface area contributed by atoms with Crippen LogP contribution in [0.3, 0.4) is 0 Å². The summed E-state index contributed by atoms with van der Waals surface area (Å²) in [4.78, 5) is 12.5. The van der Waals surface area contributed by atoms with Gasteiger partial charge in [-0.3, -0.25) is 4.79 Å². The molecule has 0 aliphatic rings. The van der Waals surface area contributed by atoms with Gasteiger partial charge in [0.25, 0.3) is 5.91 Å². The number of nitriles is 1. The molecule has 0 spiro atoms. The second kappa shape index (κ2) is 11.5. The molecular weight excluding hydrogens is 650 g/mol. The van der Waals surface area contributed by atoms with Crippen molar-refractivity contribution in [2.45, 2.75) is 13.2 Å². The minimum Gasteiger partial charge on any atom is -0.487 e. The van der Waals surface area contributed by atoms with E-state index in [2.05, 4.69) is 74.8 Å². The van der Waals surface area contributed by atoms with Gasteiger partial charge in [0.2, 0.25) is 0 Å². The number of nitrogens with one attached hydrogen (secondary N) is 1. The molecule has 0 saturated carbocycles. The first-order chi connectivity index (χ1) is 16.5. The van der Waals surface area contributed by atoms with Crippen LogP contribution in [0.1, 0.15) is 16.7 Å². The van der Waals surface area contributed by atoms with Crippen molar-refractivity contribution in [1.82, 2.24) is 5.32 Å². The quantitative estimate of drug-likeness (QED) is 0.133. The minimum atomic E-state index is -0.396. The van der Waals surface area contributed by atoms with Crippen LogP contribution in [0.5, 0.6) is 5.75 Å². The van der Waals surface area contributed by atoms with Crippen LogP contribution in [0, 0.1) is 18.5 Å². The Morgan fingerprint density at radius 2 is 1.62 bits per heavy atom. The molecule has 0 atom stereocenters. The van der Waals surface area contributed by atoms with Gasteiger partial charge in [0, 0.05) is 6.54 Å². The lowest BCUT2D eigenvalue weighted by atomic mass is 10.1. The largest absolute Gasteiger partial charge is 0.487 e. The molecule has 0 saturated heterocycles. The van der Waals surface area contributed by atoms with Gasteiger partial charge in [-0.1, -0.05) is 72.8 Å². The number of nitrogens with zero attached hydrogens (tertiary/aromatic N) is 1. The number of carbonyl (C=O) groups is 1. The molecule has 1 N–H and O–H groups in total. The number of hydrogen-bond donors (Lipinski definition) is 1. The maximum Gasteiger partial charge on any atom is 0.262 e. The molecule has 0 heterocycles. The smallest absolute Gasteiger partial charge is 0.262 e. The van der Waals surface area contributed by atoms with Crippen molar-refractivity contribution >= 4 is 67.9 Å². The van der Waals surface area contributed by atoms with Gasteiger partial charge in [-0.05, 0) is 90.9 Å². The van der Waals surface area contributed by atoms with Crippen LogP contribution >= 0.6 is 45.2 Å². The van der Waals surface area contributed by atoms with Crippen LogP contribution in [0.25, 0.3) is 16.8 Å². The summed E-state index contributed by atoms with van der Waals surface area (Å²) in [6.45, 7) is 0.822. The van der Waals surface area contributed by atoms with E-state index in [1.165, 1.54) is 10.8 Å². The third kappa shape index (κ3) is 5.96. The van der Waals surface area contributed by atoms with Crippen molar-refractivity contribution in [2.75, 3.05) is 0 Å². The second-order valence-electron chi connectivity index (χ2n) is 7.58. The lowest BCUT2D eigenvalue weighted by molar-refractivity contribution is -0.117. The molecule has 6 heteroatoms. The Morgan fingerprint density at radius 3 is 2.35 bits per heavy atom. The van der Waals surface area contributed by atoms with Crippen molar-refractivity contribution in [1.29, 1.82) is 5.26 Å². The lowest BCUT2D eigenvalue weighted by Gasteiger charge is -2.13. The van der Waals surface area contributed by atoms with Gasteiger partial charge in [-0.2, -0.15) is 5.26 Å². The van der Waals surface area contributed by atoms with E-state index in [4.69, 9.17) is 4.74 Å². The predicted molar refractivity (Wildman–Crippen MR) is 152 cm³/mol. The molecule has 0 radical (unpaired) electrons. The highest BCUT2D eigenvalue weighted by Gasteiger charge is 2.13. The van der Waals surface area contributed by atoms with Crippen LogP contribution in [-0.2, 0) is 17.9 Å². The predicted octanol–water partition coefficient (Wildman–Crippen LogP) is 6.85. The van der Waals surface area contributed by atoms with E-state index in [0.717, 1.165) is 29.6 Å². The highest BCUT2D eigenvalue weighted by molar-refractivity contribution is 14.1. The van der Waals surface area contributed by atoms with Gasteiger partial charge >= 0.3 is 0 Å². The molecule has 0 aliphatic heterocycles. The average molecular weight is 670 g/mol. The highest BCUT2D eigenvalue weighted by atomic mass is 127. The first-order valence-electron chi connectivity index (χ1n) is 10.6. The summed E-state index contributed by atoms with van der Waals surface area (Å²) in [5.41, 5.74) is 2.94. The zero-order valence-electron chi connectivity index (χ0n) is 18.1. The van der Waals surface area contributed by atoms with E-state index in [-0.39, 0.29) is 5.57 Å². The molecule has 0 fully saturated rings. The molecule has 0 aliphatic carbocycles. The molecule has 4 aromatic rings. The van der Waals surface area contributed by atoms with Gasteiger partial charge in [0.15, 0.2) is 0 Å². The molecule has 0 unspecified atom stereocenters. The van der Waals surface area contributed by atoms with Crippen molar-refractivity contribution < 1.29 is 9.53 Å². The summed E-state index contributed by atoms with van der Waals surface area (Å²) in [5, 5.41) is 14.7. The summed E-state index contributed by atoms with van der Waals surface area (Å²) in [7, 11) is 0. The normalized spacial score (nSPS) is 11.1. The average Bonchev–Trinajstić information content (AvgIpc) is 2.86. The van der Waals surface area contributed by atoms with Gasteiger partial charge in [-0.15, -0.1) is 0 Å². The summed E-state index contributed by atoms with van der Waals surface area (Å²) in [5.74, 6) is 0.394. The molecule has 4 rings (SSSR count). The summed E-state index contributed by atoms with van der Waals surface area (Å²) in [6, 6.07) is 29.9. The number of hydrogen-bond acceptors (Lipinski definition) is 3. The molecule has 0 bridgehead atoms. The third-order valence-corrected chi connectivity index (χ3v) is 6.85. The van der Waals surface area contributed by atoms with Crippen LogP contribution in [0.4, 0.5) is 0 Å². The number of halogens is 2. The van der Waals surface area contributed by atoms with Crippen molar-refractivity contribution in [2.24, 2.45) is 0 Å². The van der Waals surface area contributed by atoms with E-state index in [1.54, 1.807) is 6.08 Å². The highest BCUT2D eigenvalue weighted by Crippen LogP contribution is 2.31. The maximum atomic E-state index is 12.5. The standard InChI is InChI=1S/C28H20I2N2O2/c29-25-14-20(13-23(16-31)28(33)32-17-19-7-2-1-3-8-19)15-26(30)27(25)34-18-22-11-6-10-21-9-4-5-12-24(21)22/h1-15H,17-18H2,(H,32,33)/b23-13-. The van der Waals surface area contributed by atoms with Crippen molar-refractivity contribution in [3.05, 3.63) is 114 Å². The van der Waals surface area contributed by atoms with Gasteiger partial charge in [-0.25, -0.2) is 0 Å². The Balaban J connectivity index is 1.49. The lowest BCUT2D eigenvalue weighted by Crippen LogP contribution is -2.23. The Bertz CT molecular complexity index is 1380. The number of ether oxygens (including phenoxy) is 1. The summed E-state index contributed by atoms with van der Waals surface area (Å²) in [6.07, 6.45) is 1.61. The fraction of sp³-hybridized carbons (Fsp3) is 0.0714. The molecule has 4 nitrogen and oxygen atoms in total. The summed E-state index contributed by atoms with van der Waals surface area (Å²) < 4.78 is 8.03. The van der Waals surface area contributed by atoms with Crippen molar-refractivity contribution in [3.8, 4) is 11.8 Å².